The molecule has 2 aromatic heterocycles. The van der Waals surface area contributed by atoms with Crippen LogP contribution in [0.25, 0.3) is 0 Å². The van der Waals surface area contributed by atoms with Crippen LogP contribution in [0.1, 0.15) is 24.2 Å². The summed E-state index contributed by atoms with van der Waals surface area (Å²) >= 11 is 0. The van der Waals surface area contributed by atoms with Gasteiger partial charge in [0.1, 0.15) is 23.9 Å². The normalized spacial score (nSPS) is 13.0. The number of nitrogens with zero attached hydrogens (tertiary/aromatic N) is 4. The molecule has 2 heterocycles. The lowest BCUT2D eigenvalue weighted by Crippen LogP contribution is -1.99. The summed E-state index contributed by atoms with van der Waals surface area (Å²) < 4.78 is 9.25. The lowest BCUT2D eigenvalue weighted by Gasteiger charge is -2.01. The molecule has 0 aliphatic carbocycles. The zero-order chi connectivity index (χ0) is 9.10. The first-order valence-corrected chi connectivity index (χ1v) is 3.89. The van der Waals surface area contributed by atoms with Crippen molar-refractivity contribution in [1.29, 1.82) is 0 Å². The lowest BCUT2D eigenvalue weighted by molar-refractivity contribution is 0.392. The molecule has 1 unspecified atom stereocenters. The van der Waals surface area contributed by atoms with E-state index in [9.17, 15) is 0 Å². The van der Waals surface area contributed by atoms with Crippen LogP contribution in [-0.4, -0.2) is 20.7 Å². The number of hydrogen-bond donors (Lipinski definition) is 0. The van der Waals surface area contributed by atoms with Crippen molar-refractivity contribution in [2.24, 2.45) is 0 Å². The minimum absolute atomic E-state index is 0.207. The maximum Gasteiger partial charge on any atom is 0.147 e. The molecule has 0 bridgehead atoms. The third kappa shape index (κ3) is 1.71. The molecule has 1 atom stereocenters. The average molecular weight is 180 g/mol. The molecule has 0 aromatic carbocycles. The molecule has 0 radical (unpaired) electrons. The van der Waals surface area contributed by atoms with Crippen LogP contribution in [-0.2, 0) is 6.42 Å². The minimum atomic E-state index is 0.207. The van der Waals surface area contributed by atoms with Crippen LogP contribution < -0.4 is 0 Å². The van der Waals surface area contributed by atoms with Crippen molar-refractivity contribution in [3.63, 3.8) is 0 Å². The molecular formula is C7H8N4O2. The molecule has 6 nitrogen and oxygen atoms in total. The summed E-state index contributed by atoms with van der Waals surface area (Å²) in [6.45, 7) is 2.01. The fourth-order valence-electron chi connectivity index (χ4n) is 1.08. The summed E-state index contributed by atoms with van der Waals surface area (Å²) in [6, 6.07) is 0. The molecule has 2 aromatic rings. The van der Waals surface area contributed by atoms with Crippen LogP contribution in [0.3, 0.4) is 0 Å². The highest BCUT2D eigenvalue weighted by molar-refractivity contribution is 5.03. The average Bonchev–Trinajstić information content (AvgIpc) is 2.74. The Bertz CT molecular complexity index is 342. The van der Waals surface area contributed by atoms with Crippen molar-refractivity contribution in [3.05, 3.63) is 23.9 Å². The van der Waals surface area contributed by atoms with E-state index in [1.165, 1.54) is 12.5 Å². The van der Waals surface area contributed by atoms with E-state index in [-0.39, 0.29) is 5.92 Å². The maximum atomic E-state index is 4.63. The van der Waals surface area contributed by atoms with Crippen LogP contribution in [0.15, 0.2) is 21.6 Å². The van der Waals surface area contributed by atoms with Gasteiger partial charge in [0.25, 0.3) is 0 Å². The molecule has 0 fully saturated rings. The molecule has 68 valence electrons. The molecule has 0 spiro atoms. The summed E-state index contributed by atoms with van der Waals surface area (Å²) in [7, 11) is 0. The van der Waals surface area contributed by atoms with Gasteiger partial charge in [-0.05, 0) is 0 Å². The van der Waals surface area contributed by atoms with Gasteiger partial charge in [-0.25, -0.2) is 0 Å². The Balaban J connectivity index is 2.04. The topological polar surface area (TPSA) is 77.8 Å². The van der Waals surface area contributed by atoms with E-state index in [1.807, 2.05) is 6.92 Å². The first-order chi connectivity index (χ1) is 6.36. The predicted octanol–water partition coefficient (Wildman–Crippen LogP) is 0.799. The third-order valence-corrected chi connectivity index (χ3v) is 1.80. The van der Waals surface area contributed by atoms with Gasteiger partial charge in [0.2, 0.25) is 0 Å². The summed E-state index contributed by atoms with van der Waals surface area (Å²) in [5, 5.41) is 14.3. The Morgan fingerprint density at radius 2 is 2.00 bits per heavy atom. The van der Waals surface area contributed by atoms with Gasteiger partial charge in [0, 0.05) is 22.9 Å². The number of rotatable bonds is 3. The monoisotopic (exact) mass is 180 g/mol. The van der Waals surface area contributed by atoms with Gasteiger partial charge in [-0.15, -0.1) is 10.2 Å². The molecular weight excluding hydrogens is 172 g/mol. The SMILES string of the molecule is CC(Cc1conn1)c1conn1. The van der Waals surface area contributed by atoms with Crippen LogP contribution in [0.5, 0.6) is 0 Å². The Morgan fingerprint density at radius 1 is 1.23 bits per heavy atom. The molecule has 0 N–H and O–H groups in total. The smallest absolute Gasteiger partial charge is 0.147 e. The largest absolute Gasteiger partial charge is 0.345 e. The molecule has 13 heavy (non-hydrogen) atoms. The Hall–Kier alpha value is -1.72. The molecule has 0 amide bonds. The molecule has 0 saturated carbocycles. The zero-order valence-electron chi connectivity index (χ0n) is 7.04. The number of aromatic nitrogens is 4. The minimum Gasteiger partial charge on any atom is -0.345 e. The van der Waals surface area contributed by atoms with Gasteiger partial charge < -0.3 is 9.05 Å². The summed E-state index contributed by atoms with van der Waals surface area (Å²) in [5.74, 6) is 0.207. The molecule has 0 aliphatic rings. The van der Waals surface area contributed by atoms with Crippen molar-refractivity contribution in [2.75, 3.05) is 0 Å². The van der Waals surface area contributed by atoms with Gasteiger partial charge >= 0.3 is 0 Å². The predicted molar refractivity (Wildman–Crippen MR) is 40.7 cm³/mol. The lowest BCUT2D eigenvalue weighted by atomic mass is 10.0. The van der Waals surface area contributed by atoms with Crippen molar-refractivity contribution >= 4 is 0 Å². The quantitative estimate of drug-likeness (QED) is 0.695. The highest BCUT2D eigenvalue weighted by Crippen LogP contribution is 2.15. The van der Waals surface area contributed by atoms with Crippen molar-refractivity contribution in [1.82, 2.24) is 20.7 Å². The van der Waals surface area contributed by atoms with Gasteiger partial charge in [-0.1, -0.05) is 6.92 Å². The van der Waals surface area contributed by atoms with Gasteiger partial charge in [0.15, 0.2) is 0 Å². The zero-order valence-corrected chi connectivity index (χ0v) is 7.04. The van der Waals surface area contributed by atoms with E-state index in [2.05, 4.69) is 29.8 Å². The van der Waals surface area contributed by atoms with Gasteiger partial charge in [-0.2, -0.15) is 0 Å². The maximum absolute atomic E-state index is 4.63. The highest BCUT2D eigenvalue weighted by atomic mass is 16.5. The Kier molecular flexibility index (Phi) is 2.03. The summed E-state index contributed by atoms with van der Waals surface area (Å²) in [4.78, 5) is 0. The second-order valence-corrected chi connectivity index (χ2v) is 2.83. The van der Waals surface area contributed by atoms with Crippen LogP contribution in [0.2, 0.25) is 0 Å². The Labute approximate surface area is 73.9 Å². The Morgan fingerprint density at radius 3 is 2.62 bits per heavy atom. The van der Waals surface area contributed by atoms with Crippen LogP contribution in [0, 0.1) is 0 Å². The molecule has 0 aliphatic heterocycles. The third-order valence-electron chi connectivity index (χ3n) is 1.80. The standard InChI is InChI=1S/C7H8N4O2/c1-5(7-4-13-11-9-7)2-6-3-12-10-8-6/h3-5H,2H2,1H3. The van der Waals surface area contributed by atoms with E-state index in [1.54, 1.807) is 0 Å². The summed E-state index contributed by atoms with van der Waals surface area (Å²) in [5.41, 5.74) is 1.61. The first kappa shape index (κ1) is 7.90. The second-order valence-electron chi connectivity index (χ2n) is 2.83. The van der Waals surface area contributed by atoms with Crippen LogP contribution >= 0.6 is 0 Å². The van der Waals surface area contributed by atoms with Crippen molar-refractivity contribution in [2.45, 2.75) is 19.3 Å². The fourth-order valence-corrected chi connectivity index (χ4v) is 1.08. The molecule has 0 saturated heterocycles. The number of hydrogen-bond acceptors (Lipinski definition) is 6. The van der Waals surface area contributed by atoms with Crippen molar-refractivity contribution in [3.8, 4) is 0 Å². The first-order valence-electron chi connectivity index (χ1n) is 3.89. The highest BCUT2D eigenvalue weighted by Gasteiger charge is 2.12. The van der Waals surface area contributed by atoms with E-state index in [0.29, 0.717) is 0 Å². The van der Waals surface area contributed by atoms with E-state index >= 15 is 0 Å². The van der Waals surface area contributed by atoms with Gasteiger partial charge in [-0.3, -0.25) is 0 Å². The van der Waals surface area contributed by atoms with Crippen LogP contribution in [0.4, 0.5) is 0 Å². The summed E-state index contributed by atoms with van der Waals surface area (Å²) in [6.07, 6.45) is 3.76. The van der Waals surface area contributed by atoms with E-state index < -0.39 is 0 Å². The fraction of sp³-hybridized carbons (Fsp3) is 0.429. The van der Waals surface area contributed by atoms with E-state index in [4.69, 9.17) is 0 Å². The molecule has 6 heteroatoms. The second kappa shape index (κ2) is 3.34. The molecule has 2 rings (SSSR count). The van der Waals surface area contributed by atoms with E-state index in [0.717, 1.165) is 17.8 Å². The van der Waals surface area contributed by atoms with Crippen molar-refractivity contribution < 1.29 is 9.05 Å². The van der Waals surface area contributed by atoms with Gasteiger partial charge in [0.05, 0.1) is 0 Å².